The Balaban J connectivity index is 1.81. The van der Waals surface area contributed by atoms with Crippen molar-refractivity contribution < 1.29 is 9.63 Å². The maximum absolute atomic E-state index is 8.70. The smallest absolute Gasteiger partial charge is 0.226 e. The van der Waals surface area contributed by atoms with Crippen LogP contribution in [0.3, 0.4) is 0 Å². The molecule has 0 aliphatic carbocycles. The highest BCUT2D eigenvalue weighted by Gasteiger charge is 2.16. The van der Waals surface area contributed by atoms with Gasteiger partial charge in [-0.15, -0.1) is 0 Å². The van der Waals surface area contributed by atoms with E-state index in [4.69, 9.17) is 9.63 Å². The van der Waals surface area contributed by atoms with Crippen molar-refractivity contribution in [2.75, 3.05) is 19.7 Å². The lowest BCUT2D eigenvalue weighted by atomic mass is 9.96. The molecule has 16 heavy (non-hydrogen) atoms. The van der Waals surface area contributed by atoms with E-state index in [1.54, 1.807) is 0 Å². The zero-order chi connectivity index (χ0) is 11.2. The summed E-state index contributed by atoms with van der Waals surface area (Å²) in [7, 11) is 0. The van der Waals surface area contributed by atoms with Crippen LogP contribution < -0.4 is 5.32 Å². The lowest BCUT2D eigenvalue weighted by Gasteiger charge is -2.20. The third kappa shape index (κ3) is 3.28. The van der Waals surface area contributed by atoms with Gasteiger partial charge in [-0.3, -0.25) is 0 Å². The van der Waals surface area contributed by atoms with Crippen LogP contribution in [0, 0.1) is 5.92 Å². The van der Waals surface area contributed by atoms with Crippen LogP contribution in [0.5, 0.6) is 0 Å². The minimum Gasteiger partial charge on any atom is -0.396 e. The Morgan fingerprint density at radius 2 is 2.44 bits per heavy atom. The average Bonchev–Trinajstić information content (AvgIpc) is 2.75. The maximum atomic E-state index is 8.70. The third-order valence-corrected chi connectivity index (χ3v) is 2.93. The summed E-state index contributed by atoms with van der Waals surface area (Å²) in [6, 6.07) is 0. The number of rotatable bonds is 5. The van der Waals surface area contributed by atoms with Gasteiger partial charge in [-0.25, -0.2) is 0 Å². The Hall–Kier alpha value is -0.940. The molecule has 5 nitrogen and oxygen atoms in total. The molecule has 1 aromatic heterocycles. The van der Waals surface area contributed by atoms with Crippen LogP contribution in [0.4, 0.5) is 0 Å². The fraction of sp³-hybridized carbons (Fsp3) is 0.818. The molecule has 0 radical (unpaired) electrons. The van der Waals surface area contributed by atoms with Gasteiger partial charge in [-0.2, -0.15) is 4.98 Å². The summed E-state index contributed by atoms with van der Waals surface area (Å²) in [5.74, 6) is 2.09. The van der Waals surface area contributed by atoms with E-state index in [0.717, 1.165) is 25.3 Å². The number of piperidine rings is 1. The van der Waals surface area contributed by atoms with Gasteiger partial charge < -0.3 is 14.9 Å². The molecule has 0 saturated carbocycles. The number of aliphatic hydroxyl groups is 1. The molecule has 0 aromatic carbocycles. The van der Waals surface area contributed by atoms with Crippen molar-refractivity contribution in [3.05, 3.63) is 11.7 Å². The van der Waals surface area contributed by atoms with E-state index in [0.29, 0.717) is 24.7 Å². The second-order valence-electron chi connectivity index (χ2n) is 4.35. The topological polar surface area (TPSA) is 71.2 Å². The third-order valence-electron chi connectivity index (χ3n) is 2.93. The summed E-state index contributed by atoms with van der Waals surface area (Å²) in [4.78, 5) is 4.33. The molecule has 0 amide bonds. The van der Waals surface area contributed by atoms with Crippen LogP contribution in [-0.4, -0.2) is 34.9 Å². The molecule has 2 rings (SSSR count). The lowest BCUT2D eigenvalue weighted by molar-refractivity contribution is 0.278. The molecule has 1 aromatic rings. The lowest BCUT2D eigenvalue weighted by Crippen LogP contribution is -2.31. The Morgan fingerprint density at radius 1 is 1.50 bits per heavy atom. The molecular formula is C11H19N3O2. The zero-order valence-corrected chi connectivity index (χ0v) is 9.48. The van der Waals surface area contributed by atoms with Gasteiger partial charge in [0, 0.05) is 19.4 Å². The summed E-state index contributed by atoms with van der Waals surface area (Å²) < 4.78 is 5.12. The summed E-state index contributed by atoms with van der Waals surface area (Å²) in [5.41, 5.74) is 0. The minimum absolute atomic E-state index is 0.171. The number of nitrogens with one attached hydrogen (secondary N) is 1. The van der Waals surface area contributed by atoms with Crippen molar-refractivity contribution in [1.29, 1.82) is 0 Å². The maximum Gasteiger partial charge on any atom is 0.226 e. The first-order chi connectivity index (χ1) is 7.88. The first kappa shape index (κ1) is 11.5. The van der Waals surface area contributed by atoms with Gasteiger partial charge >= 0.3 is 0 Å². The van der Waals surface area contributed by atoms with Crippen LogP contribution in [0.25, 0.3) is 0 Å². The quantitative estimate of drug-likeness (QED) is 0.765. The molecule has 1 atom stereocenters. The van der Waals surface area contributed by atoms with E-state index >= 15 is 0 Å². The van der Waals surface area contributed by atoms with Gasteiger partial charge in [0.2, 0.25) is 5.89 Å². The van der Waals surface area contributed by atoms with Crippen LogP contribution in [0.15, 0.2) is 4.52 Å². The Labute approximate surface area is 95.2 Å². The van der Waals surface area contributed by atoms with Gasteiger partial charge in [0.25, 0.3) is 0 Å². The average molecular weight is 225 g/mol. The molecule has 1 aliphatic rings. The van der Waals surface area contributed by atoms with Gasteiger partial charge in [0.05, 0.1) is 0 Å². The monoisotopic (exact) mass is 225 g/mol. The number of aryl methyl sites for hydroxylation is 1. The summed E-state index contributed by atoms with van der Waals surface area (Å²) in [6.45, 7) is 2.36. The predicted molar refractivity (Wildman–Crippen MR) is 59.0 cm³/mol. The van der Waals surface area contributed by atoms with E-state index in [-0.39, 0.29) is 6.61 Å². The summed E-state index contributed by atoms with van der Waals surface area (Å²) in [6.07, 6.45) is 4.74. The molecule has 0 spiro atoms. The SMILES string of the molecule is OCCCc1nc(CC2CCCNC2)no1. The number of aromatic nitrogens is 2. The van der Waals surface area contributed by atoms with Gasteiger partial charge in [-0.1, -0.05) is 5.16 Å². The molecule has 1 aliphatic heterocycles. The highest BCUT2D eigenvalue weighted by atomic mass is 16.5. The predicted octanol–water partition coefficient (Wildman–Crippen LogP) is 0.537. The van der Waals surface area contributed by atoms with E-state index in [1.807, 2.05) is 0 Å². The van der Waals surface area contributed by atoms with Crippen molar-refractivity contribution in [2.45, 2.75) is 32.1 Å². The number of nitrogens with zero attached hydrogens (tertiary/aromatic N) is 2. The molecule has 1 fully saturated rings. The van der Waals surface area contributed by atoms with E-state index < -0.39 is 0 Å². The van der Waals surface area contributed by atoms with Gasteiger partial charge in [-0.05, 0) is 38.3 Å². The van der Waals surface area contributed by atoms with Crippen molar-refractivity contribution in [3.8, 4) is 0 Å². The molecule has 0 bridgehead atoms. The zero-order valence-electron chi connectivity index (χ0n) is 9.48. The fourth-order valence-electron chi connectivity index (χ4n) is 2.06. The molecule has 5 heteroatoms. The number of aliphatic hydroxyl groups excluding tert-OH is 1. The van der Waals surface area contributed by atoms with Crippen molar-refractivity contribution in [2.24, 2.45) is 5.92 Å². The van der Waals surface area contributed by atoms with Crippen molar-refractivity contribution in [1.82, 2.24) is 15.5 Å². The first-order valence-corrected chi connectivity index (χ1v) is 6.01. The Morgan fingerprint density at radius 3 is 3.19 bits per heavy atom. The molecule has 2 heterocycles. The van der Waals surface area contributed by atoms with E-state index in [1.165, 1.54) is 12.8 Å². The molecule has 1 saturated heterocycles. The van der Waals surface area contributed by atoms with Gasteiger partial charge in [0.1, 0.15) is 0 Å². The van der Waals surface area contributed by atoms with Crippen LogP contribution in [0.1, 0.15) is 31.0 Å². The van der Waals surface area contributed by atoms with Gasteiger partial charge in [0.15, 0.2) is 5.82 Å². The highest BCUT2D eigenvalue weighted by molar-refractivity contribution is 4.89. The van der Waals surface area contributed by atoms with E-state index in [9.17, 15) is 0 Å². The molecule has 1 unspecified atom stereocenters. The second-order valence-corrected chi connectivity index (χ2v) is 4.35. The van der Waals surface area contributed by atoms with Crippen LogP contribution >= 0.6 is 0 Å². The fourth-order valence-corrected chi connectivity index (χ4v) is 2.06. The molecular weight excluding hydrogens is 206 g/mol. The standard InChI is InChI=1S/C11H19N3O2/c15-6-2-4-11-13-10(14-16-11)7-9-3-1-5-12-8-9/h9,12,15H,1-8H2. The van der Waals surface area contributed by atoms with Crippen molar-refractivity contribution in [3.63, 3.8) is 0 Å². The largest absolute Gasteiger partial charge is 0.396 e. The van der Waals surface area contributed by atoms with E-state index in [2.05, 4.69) is 15.5 Å². The van der Waals surface area contributed by atoms with Crippen LogP contribution in [-0.2, 0) is 12.8 Å². The molecule has 90 valence electrons. The summed E-state index contributed by atoms with van der Waals surface area (Å²) in [5, 5.41) is 16.0. The first-order valence-electron chi connectivity index (χ1n) is 6.01. The second kappa shape index (κ2) is 5.96. The summed E-state index contributed by atoms with van der Waals surface area (Å²) >= 11 is 0. The number of hydrogen-bond donors (Lipinski definition) is 2. The normalized spacial score (nSPS) is 21.2. The Bertz CT molecular complexity index is 308. The van der Waals surface area contributed by atoms with Crippen LogP contribution in [0.2, 0.25) is 0 Å². The molecule has 2 N–H and O–H groups in total. The Kier molecular flexibility index (Phi) is 4.30. The number of hydrogen-bond acceptors (Lipinski definition) is 5. The minimum atomic E-state index is 0.171. The highest BCUT2D eigenvalue weighted by Crippen LogP contribution is 2.14. The van der Waals surface area contributed by atoms with Crippen molar-refractivity contribution >= 4 is 0 Å².